The third kappa shape index (κ3) is 4.95. The first-order chi connectivity index (χ1) is 12.0. The van der Waals surface area contributed by atoms with Crippen molar-refractivity contribution < 1.29 is 9.53 Å². The van der Waals surface area contributed by atoms with E-state index in [9.17, 15) is 10.1 Å². The fraction of sp³-hybridized carbons (Fsp3) is 0.238. The van der Waals surface area contributed by atoms with Gasteiger partial charge in [0.25, 0.3) is 5.91 Å². The minimum Gasteiger partial charge on any atom is -0.490 e. The molecule has 1 N–H and O–H groups in total. The molecule has 0 aliphatic rings. The molecule has 4 heteroatoms. The highest BCUT2D eigenvalue weighted by molar-refractivity contribution is 6.10. The molecular weight excluding hydrogens is 312 g/mol. The van der Waals surface area contributed by atoms with Gasteiger partial charge >= 0.3 is 0 Å². The van der Waals surface area contributed by atoms with Crippen LogP contribution in [0.25, 0.3) is 6.08 Å². The van der Waals surface area contributed by atoms with Gasteiger partial charge in [-0.1, -0.05) is 43.3 Å². The van der Waals surface area contributed by atoms with E-state index >= 15 is 0 Å². The maximum absolute atomic E-state index is 12.5. The number of anilines is 1. The van der Waals surface area contributed by atoms with Crippen molar-refractivity contribution in [1.29, 1.82) is 5.26 Å². The Balaban J connectivity index is 2.29. The van der Waals surface area contributed by atoms with E-state index in [4.69, 9.17) is 4.74 Å². The maximum Gasteiger partial charge on any atom is 0.266 e. The number of para-hydroxylation sites is 2. The molecule has 0 saturated carbocycles. The molecule has 0 aliphatic heterocycles. The Morgan fingerprint density at radius 1 is 1.20 bits per heavy atom. The van der Waals surface area contributed by atoms with Gasteiger partial charge in [-0.3, -0.25) is 4.79 Å². The molecule has 0 spiro atoms. The largest absolute Gasteiger partial charge is 0.490 e. The number of rotatable bonds is 6. The molecule has 0 aliphatic carbocycles. The summed E-state index contributed by atoms with van der Waals surface area (Å²) < 4.78 is 5.74. The molecule has 0 atom stereocenters. The Labute approximate surface area is 148 Å². The van der Waals surface area contributed by atoms with Crippen LogP contribution in [0.3, 0.4) is 0 Å². The first kappa shape index (κ1) is 18.3. The number of nitrogens with one attached hydrogen (secondary N) is 1. The molecule has 0 aromatic heterocycles. The maximum atomic E-state index is 12.5. The average Bonchev–Trinajstić information content (AvgIpc) is 2.60. The van der Waals surface area contributed by atoms with Gasteiger partial charge in [0.2, 0.25) is 0 Å². The number of amides is 1. The van der Waals surface area contributed by atoms with Crippen molar-refractivity contribution in [2.75, 3.05) is 5.32 Å². The molecule has 2 aromatic carbocycles. The van der Waals surface area contributed by atoms with Crippen LogP contribution in [-0.4, -0.2) is 12.0 Å². The first-order valence-electron chi connectivity index (χ1n) is 8.31. The van der Waals surface area contributed by atoms with Crippen molar-refractivity contribution in [3.05, 3.63) is 65.2 Å². The predicted molar refractivity (Wildman–Crippen MR) is 100 cm³/mol. The van der Waals surface area contributed by atoms with E-state index in [1.165, 1.54) is 0 Å². The highest BCUT2D eigenvalue weighted by Gasteiger charge is 2.13. The van der Waals surface area contributed by atoms with Crippen LogP contribution in [0.5, 0.6) is 5.75 Å². The normalized spacial score (nSPS) is 11.1. The van der Waals surface area contributed by atoms with E-state index in [0.29, 0.717) is 11.3 Å². The molecule has 0 heterocycles. The highest BCUT2D eigenvalue weighted by Crippen LogP contribution is 2.23. The van der Waals surface area contributed by atoms with Crippen LogP contribution in [0, 0.1) is 11.3 Å². The van der Waals surface area contributed by atoms with Crippen LogP contribution in [-0.2, 0) is 11.2 Å². The number of hydrogen-bond acceptors (Lipinski definition) is 3. The number of nitrogens with zero attached hydrogens (tertiary/aromatic N) is 1. The van der Waals surface area contributed by atoms with Crippen molar-refractivity contribution in [3.8, 4) is 11.8 Å². The molecule has 4 nitrogen and oxygen atoms in total. The van der Waals surface area contributed by atoms with Crippen LogP contribution < -0.4 is 10.1 Å². The van der Waals surface area contributed by atoms with E-state index in [1.54, 1.807) is 6.08 Å². The van der Waals surface area contributed by atoms with Crippen LogP contribution in [0.15, 0.2) is 54.1 Å². The number of carbonyl (C=O) groups is 1. The van der Waals surface area contributed by atoms with Gasteiger partial charge in [0.05, 0.1) is 6.10 Å². The Kier molecular flexibility index (Phi) is 6.36. The molecule has 0 bridgehead atoms. The molecule has 0 unspecified atom stereocenters. The van der Waals surface area contributed by atoms with Gasteiger partial charge in [0.1, 0.15) is 17.4 Å². The fourth-order valence-corrected chi connectivity index (χ4v) is 2.41. The summed E-state index contributed by atoms with van der Waals surface area (Å²) in [7, 11) is 0. The minimum atomic E-state index is -0.428. The molecule has 0 saturated heterocycles. The number of ether oxygens (including phenoxy) is 1. The van der Waals surface area contributed by atoms with E-state index < -0.39 is 5.91 Å². The molecule has 2 aromatic rings. The summed E-state index contributed by atoms with van der Waals surface area (Å²) in [4.78, 5) is 12.5. The standard InChI is InChI=1S/C21H22N2O2/c1-4-16-9-5-7-11-19(16)23-21(24)18(14-22)13-17-10-6-8-12-20(17)25-15(2)3/h5-13,15H,4H2,1-3H3,(H,23,24)/b18-13+. The average molecular weight is 334 g/mol. The van der Waals surface area contributed by atoms with Crippen LogP contribution in [0.1, 0.15) is 31.9 Å². The van der Waals surface area contributed by atoms with E-state index in [0.717, 1.165) is 17.7 Å². The summed E-state index contributed by atoms with van der Waals surface area (Å²) in [6, 6.07) is 16.9. The third-order valence-corrected chi connectivity index (χ3v) is 3.59. The molecule has 0 radical (unpaired) electrons. The molecule has 0 fully saturated rings. The Hall–Kier alpha value is -3.06. The van der Waals surface area contributed by atoms with Crippen molar-refractivity contribution in [3.63, 3.8) is 0 Å². The van der Waals surface area contributed by atoms with Gasteiger partial charge in [-0.05, 0) is 44.0 Å². The van der Waals surface area contributed by atoms with Crippen molar-refractivity contribution >= 4 is 17.7 Å². The SMILES string of the molecule is CCc1ccccc1NC(=O)/C(C#N)=C/c1ccccc1OC(C)C. The highest BCUT2D eigenvalue weighted by atomic mass is 16.5. The number of hydrogen-bond donors (Lipinski definition) is 1. The fourth-order valence-electron chi connectivity index (χ4n) is 2.41. The van der Waals surface area contributed by atoms with Gasteiger partial charge in [-0.2, -0.15) is 5.26 Å². The van der Waals surface area contributed by atoms with Gasteiger partial charge in [0.15, 0.2) is 0 Å². The first-order valence-corrected chi connectivity index (χ1v) is 8.31. The zero-order valence-electron chi connectivity index (χ0n) is 14.7. The molecular formula is C21H22N2O2. The Morgan fingerprint density at radius 3 is 2.56 bits per heavy atom. The lowest BCUT2D eigenvalue weighted by Gasteiger charge is -2.13. The number of benzene rings is 2. The second-order valence-corrected chi connectivity index (χ2v) is 5.84. The summed E-state index contributed by atoms with van der Waals surface area (Å²) in [6.07, 6.45) is 2.36. The molecule has 25 heavy (non-hydrogen) atoms. The monoisotopic (exact) mass is 334 g/mol. The summed E-state index contributed by atoms with van der Waals surface area (Å²) in [6.45, 7) is 5.88. The van der Waals surface area contributed by atoms with E-state index in [2.05, 4.69) is 5.32 Å². The van der Waals surface area contributed by atoms with Crippen molar-refractivity contribution in [1.82, 2.24) is 0 Å². The predicted octanol–water partition coefficient (Wildman–Crippen LogP) is 4.58. The van der Waals surface area contributed by atoms with Crippen molar-refractivity contribution in [2.45, 2.75) is 33.3 Å². The quantitative estimate of drug-likeness (QED) is 0.621. The minimum absolute atomic E-state index is 0.00495. The second kappa shape index (κ2) is 8.70. The number of carbonyl (C=O) groups excluding carboxylic acids is 1. The van der Waals surface area contributed by atoms with E-state index in [-0.39, 0.29) is 11.7 Å². The summed E-state index contributed by atoms with van der Waals surface area (Å²) >= 11 is 0. The lowest BCUT2D eigenvalue weighted by molar-refractivity contribution is -0.112. The molecule has 128 valence electrons. The van der Waals surface area contributed by atoms with Gasteiger partial charge in [0, 0.05) is 11.3 Å². The lowest BCUT2D eigenvalue weighted by atomic mass is 10.1. The Bertz CT molecular complexity index is 817. The summed E-state index contributed by atoms with van der Waals surface area (Å²) in [5.74, 6) is 0.217. The summed E-state index contributed by atoms with van der Waals surface area (Å²) in [5, 5.41) is 12.2. The van der Waals surface area contributed by atoms with Crippen molar-refractivity contribution in [2.24, 2.45) is 0 Å². The number of nitriles is 1. The zero-order chi connectivity index (χ0) is 18.2. The summed E-state index contributed by atoms with van der Waals surface area (Å²) in [5.41, 5.74) is 2.48. The molecule has 2 rings (SSSR count). The smallest absolute Gasteiger partial charge is 0.266 e. The van der Waals surface area contributed by atoms with Gasteiger partial charge in [-0.25, -0.2) is 0 Å². The topological polar surface area (TPSA) is 62.1 Å². The van der Waals surface area contributed by atoms with Crippen LogP contribution >= 0.6 is 0 Å². The number of aryl methyl sites for hydroxylation is 1. The molecule has 1 amide bonds. The third-order valence-electron chi connectivity index (χ3n) is 3.59. The van der Waals surface area contributed by atoms with Gasteiger partial charge in [-0.15, -0.1) is 0 Å². The lowest BCUT2D eigenvalue weighted by Crippen LogP contribution is -2.14. The van der Waals surface area contributed by atoms with Crippen LogP contribution in [0.4, 0.5) is 5.69 Å². The van der Waals surface area contributed by atoms with Crippen LogP contribution in [0.2, 0.25) is 0 Å². The van der Waals surface area contributed by atoms with Gasteiger partial charge < -0.3 is 10.1 Å². The van der Waals surface area contributed by atoms with E-state index in [1.807, 2.05) is 75.4 Å². The Morgan fingerprint density at radius 2 is 1.88 bits per heavy atom. The zero-order valence-corrected chi connectivity index (χ0v) is 14.7. The second-order valence-electron chi connectivity index (χ2n) is 5.84.